The van der Waals surface area contributed by atoms with Crippen LogP contribution in [-0.2, 0) is 11.8 Å². The molecular formula is C21H21Cl2N3O3. The zero-order chi connectivity index (χ0) is 21.1. The van der Waals surface area contributed by atoms with Gasteiger partial charge in [-0.25, -0.2) is 4.98 Å². The Labute approximate surface area is 178 Å². The van der Waals surface area contributed by atoms with Gasteiger partial charge in [0.05, 0.1) is 16.9 Å². The van der Waals surface area contributed by atoms with Crippen molar-refractivity contribution in [3.8, 4) is 5.75 Å². The number of carbonyl (C=O) groups excluding carboxylic acids is 1. The number of aromatic nitrogens is 2. The molecule has 1 aromatic heterocycles. The van der Waals surface area contributed by atoms with Crippen LogP contribution in [0.4, 0.5) is 0 Å². The third-order valence-corrected chi connectivity index (χ3v) is 5.24. The number of carbonyl (C=O) groups is 1. The number of amides is 1. The first-order valence-corrected chi connectivity index (χ1v) is 9.91. The molecule has 1 heterocycles. The fourth-order valence-corrected chi connectivity index (χ4v) is 3.50. The van der Waals surface area contributed by atoms with E-state index >= 15 is 0 Å². The molecule has 1 amide bonds. The Morgan fingerprint density at radius 1 is 1.17 bits per heavy atom. The predicted molar refractivity (Wildman–Crippen MR) is 115 cm³/mol. The number of hydrogen-bond donors (Lipinski definition) is 0. The van der Waals surface area contributed by atoms with Gasteiger partial charge < -0.3 is 9.64 Å². The molecule has 2 aromatic carbocycles. The monoisotopic (exact) mass is 433 g/mol. The van der Waals surface area contributed by atoms with Crippen LogP contribution < -0.4 is 10.3 Å². The van der Waals surface area contributed by atoms with E-state index in [1.165, 1.54) is 4.57 Å². The maximum Gasteiger partial charge on any atom is 0.261 e. The van der Waals surface area contributed by atoms with E-state index in [4.69, 9.17) is 27.9 Å². The lowest BCUT2D eigenvalue weighted by atomic mass is 10.2. The van der Waals surface area contributed by atoms with Crippen molar-refractivity contribution in [2.75, 3.05) is 13.2 Å². The fourth-order valence-electron chi connectivity index (χ4n) is 3.20. The molecule has 0 bridgehead atoms. The highest BCUT2D eigenvalue weighted by molar-refractivity contribution is 6.31. The summed E-state index contributed by atoms with van der Waals surface area (Å²) in [5, 5.41) is 1.51. The zero-order valence-electron chi connectivity index (χ0n) is 16.4. The summed E-state index contributed by atoms with van der Waals surface area (Å²) < 4.78 is 7.03. The van der Waals surface area contributed by atoms with E-state index in [2.05, 4.69) is 4.98 Å². The second kappa shape index (κ2) is 8.84. The quantitative estimate of drug-likeness (QED) is 0.583. The second-order valence-electron chi connectivity index (χ2n) is 6.59. The topological polar surface area (TPSA) is 64.4 Å². The van der Waals surface area contributed by atoms with Gasteiger partial charge in [-0.15, -0.1) is 0 Å². The second-order valence-corrected chi connectivity index (χ2v) is 7.47. The first-order valence-electron chi connectivity index (χ1n) is 9.15. The Morgan fingerprint density at radius 3 is 2.48 bits per heavy atom. The molecule has 0 saturated carbocycles. The molecule has 0 spiro atoms. The van der Waals surface area contributed by atoms with Crippen LogP contribution in [0.2, 0.25) is 10.0 Å². The van der Waals surface area contributed by atoms with Gasteiger partial charge >= 0.3 is 0 Å². The van der Waals surface area contributed by atoms with Gasteiger partial charge in [-0.1, -0.05) is 23.2 Å². The summed E-state index contributed by atoms with van der Waals surface area (Å²) in [6.45, 7) is 4.03. The molecule has 8 heteroatoms. The SMILES string of the molecule is CCN(C(=O)COc1ccc(Cl)cc1)C(C)c1nc2ccc(Cl)cc2c(=O)n1C. The molecule has 0 saturated heterocycles. The Balaban J connectivity index is 1.84. The first-order chi connectivity index (χ1) is 13.8. The molecule has 0 fully saturated rings. The minimum atomic E-state index is -0.418. The number of halogens is 2. The summed E-state index contributed by atoms with van der Waals surface area (Å²) in [5.41, 5.74) is 0.334. The van der Waals surface area contributed by atoms with Crippen molar-refractivity contribution in [3.05, 3.63) is 68.7 Å². The highest BCUT2D eigenvalue weighted by atomic mass is 35.5. The number of ether oxygens (including phenoxy) is 1. The van der Waals surface area contributed by atoms with Crippen molar-refractivity contribution in [2.45, 2.75) is 19.9 Å². The van der Waals surface area contributed by atoms with Gasteiger partial charge in [-0.3, -0.25) is 14.2 Å². The van der Waals surface area contributed by atoms with E-state index in [9.17, 15) is 9.59 Å². The first kappa shape index (κ1) is 21.1. The van der Waals surface area contributed by atoms with Gasteiger partial charge in [-0.2, -0.15) is 0 Å². The molecule has 152 valence electrons. The smallest absolute Gasteiger partial charge is 0.261 e. The molecule has 1 unspecified atom stereocenters. The van der Waals surface area contributed by atoms with Crippen molar-refractivity contribution >= 4 is 40.0 Å². The molecule has 29 heavy (non-hydrogen) atoms. The lowest BCUT2D eigenvalue weighted by Gasteiger charge is -2.28. The zero-order valence-corrected chi connectivity index (χ0v) is 17.9. The van der Waals surface area contributed by atoms with E-state index in [1.54, 1.807) is 54.4 Å². The van der Waals surface area contributed by atoms with Crippen molar-refractivity contribution in [1.29, 1.82) is 0 Å². The number of hydrogen-bond acceptors (Lipinski definition) is 4. The summed E-state index contributed by atoms with van der Waals surface area (Å²) in [4.78, 5) is 31.8. The Bertz CT molecular complexity index is 1100. The maximum atomic E-state index is 12.8. The van der Waals surface area contributed by atoms with Crippen LogP contribution >= 0.6 is 23.2 Å². The number of benzene rings is 2. The summed E-state index contributed by atoms with van der Waals surface area (Å²) in [6.07, 6.45) is 0. The molecule has 0 aliphatic carbocycles. The van der Waals surface area contributed by atoms with Crippen LogP contribution in [0.5, 0.6) is 5.75 Å². The number of likely N-dealkylation sites (N-methyl/N-ethyl adjacent to an activating group) is 1. The average molecular weight is 434 g/mol. The highest BCUT2D eigenvalue weighted by Gasteiger charge is 2.24. The van der Waals surface area contributed by atoms with E-state index < -0.39 is 6.04 Å². The van der Waals surface area contributed by atoms with Crippen LogP contribution in [-0.4, -0.2) is 33.5 Å². The molecule has 0 aliphatic heterocycles. The molecular weight excluding hydrogens is 413 g/mol. The number of rotatable bonds is 6. The number of fused-ring (bicyclic) bond motifs is 1. The third-order valence-electron chi connectivity index (χ3n) is 4.75. The molecule has 6 nitrogen and oxygen atoms in total. The van der Waals surface area contributed by atoms with Gasteiger partial charge in [0.25, 0.3) is 11.5 Å². The summed E-state index contributed by atoms with van der Waals surface area (Å²) in [5.74, 6) is 0.839. The molecule has 0 N–H and O–H groups in total. The van der Waals surface area contributed by atoms with E-state index in [0.717, 1.165) is 0 Å². The molecule has 3 aromatic rings. The van der Waals surface area contributed by atoms with Crippen LogP contribution in [0.25, 0.3) is 10.9 Å². The van der Waals surface area contributed by atoms with Gasteiger partial charge in [0, 0.05) is 23.6 Å². The van der Waals surface area contributed by atoms with E-state index in [-0.39, 0.29) is 18.1 Å². The van der Waals surface area contributed by atoms with Gasteiger partial charge in [-0.05, 0) is 56.3 Å². The predicted octanol–water partition coefficient (Wildman–Crippen LogP) is 4.23. The fraction of sp³-hybridized carbons (Fsp3) is 0.286. The summed E-state index contributed by atoms with van der Waals surface area (Å²) in [6, 6.07) is 11.4. The van der Waals surface area contributed by atoms with Crippen LogP contribution in [0.3, 0.4) is 0 Å². The van der Waals surface area contributed by atoms with E-state index in [1.807, 2.05) is 13.8 Å². The standard InChI is InChI=1S/C21H21Cl2N3O3/c1-4-26(19(27)12-29-16-8-5-14(22)6-9-16)13(2)20-24-18-10-7-15(23)11-17(18)21(28)25(20)3/h5-11,13H,4,12H2,1-3H3. The lowest BCUT2D eigenvalue weighted by Crippen LogP contribution is -2.39. The van der Waals surface area contributed by atoms with Gasteiger partial charge in [0.2, 0.25) is 0 Å². The minimum Gasteiger partial charge on any atom is -0.484 e. The molecule has 1 atom stereocenters. The van der Waals surface area contributed by atoms with E-state index in [0.29, 0.717) is 39.1 Å². The minimum absolute atomic E-state index is 0.128. The normalized spacial score (nSPS) is 12.0. The molecule has 0 aliphatic rings. The van der Waals surface area contributed by atoms with Gasteiger partial charge in [0.1, 0.15) is 11.6 Å². The Hall–Kier alpha value is -2.57. The van der Waals surface area contributed by atoms with Crippen molar-refractivity contribution in [1.82, 2.24) is 14.5 Å². The van der Waals surface area contributed by atoms with Crippen LogP contribution in [0.1, 0.15) is 25.7 Å². The number of nitrogens with zero attached hydrogens (tertiary/aromatic N) is 3. The maximum absolute atomic E-state index is 12.8. The third kappa shape index (κ3) is 4.54. The largest absolute Gasteiger partial charge is 0.484 e. The molecule has 3 rings (SSSR count). The molecule has 0 radical (unpaired) electrons. The summed E-state index contributed by atoms with van der Waals surface area (Å²) in [7, 11) is 1.64. The van der Waals surface area contributed by atoms with Crippen LogP contribution in [0, 0.1) is 0 Å². The van der Waals surface area contributed by atoms with Crippen molar-refractivity contribution < 1.29 is 9.53 Å². The van der Waals surface area contributed by atoms with Crippen LogP contribution in [0.15, 0.2) is 47.3 Å². The Morgan fingerprint density at radius 2 is 1.83 bits per heavy atom. The van der Waals surface area contributed by atoms with Gasteiger partial charge in [0.15, 0.2) is 6.61 Å². The van der Waals surface area contributed by atoms with Crippen molar-refractivity contribution in [2.24, 2.45) is 7.05 Å². The average Bonchev–Trinajstić information content (AvgIpc) is 2.71. The Kier molecular flexibility index (Phi) is 6.45. The highest BCUT2D eigenvalue weighted by Crippen LogP contribution is 2.22. The lowest BCUT2D eigenvalue weighted by molar-refractivity contribution is -0.135. The van der Waals surface area contributed by atoms with Crippen molar-refractivity contribution in [3.63, 3.8) is 0 Å². The summed E-state index contributed by atoms with van der Waals surface area (Å²) >= 11 is 11.9.